The first kappa shape index (κ1) is 15.5. The minimum absolute atomic E-state index is 0.0751. The fourth-order valence-electron chi connectivity index (χ4n) is 2.85. The first-order chi connectivity index (χ1) is 11.5. The van der Waals surface area contributed by atoms with E-state index in [9.17, 15) is 9.18 Å². The van der Waals surface area contributed by atoms with Crippen LogP contribution in [0.15, 0.2) is 29.1 Å². The van der Waals surface area contributed by atoms with E-state index >= 15 is 0 Å². The summed E-state index contributed by atoms with van der Waals surface area (Å²) in [7, 11) is 0. The van der Waals surface area contributed by atoms with Gasteiger partial charge in [-0.2, -0.15) is 0 Å². The van der Waals surface area contributed by atoms with Crippen LogP contribution in [0.5, 0.6) is 0 Å². The van der Waals surface area contributed by atoms with Gasteiger partial charge in [0.15, 0.2) is 5.82 Å². The number of hydrogen-bond acceptors (Lipinski definition) is 4. The summed E-state index contributed by atoms with van der Waals surface area (Å²) in [5.74, 6) is -0.527. The Kier molecular flexibility index (Phi) is 3.56. The molecule has 24 heavy (non-hydrogen) atoms. The molecule has 0 saturated carbocycles. The van der Waals surface area contributed by atoms with Gasteiger partial charge in [0.25, 0.3) is 5.56 Å². The minimum Gasteiger partial charge on any atom is -0.367 e. The molecule has 5 nitrogen and oxygen atoms in total. The second-order valence-electron chi connectivity index (χ2n) is 5.45. The van der Waals surface area contributed by atoms with Gasteiger partial charge in [0, 0.05) is 11.1 Å². The van der Waals surface area contributed by atoms with E-state index in [1.54, 1.807) is 6.92 Å². The third kappa shape index (κ3) is 2.30. The number of rotatable bonds is 1. The molecule has 1 aromatic carbocycles. The third-order valence-corrected chi connectivity index (χ3v) is 4.37. The molecule has 0 aliphatic carbocycles. The number of benzene rings is 1. The monoisotopic (exact) mass is 365 g/mol. The maximum absolute atomic E-state index is 14.4. The van der Waals surface area contributed by atoms with Gasteiger partial charge >= 0.3 is 0 Å². The van der Waals surface area contributed by atoms with E-state index in [0.29, 0.717) is 16.9 Å². The summed E-state index contributed by atoms with van der Waals surface area (Å²) in [5, 5.41) is 0.356. The van der Waals surface area contributed by atoms with E-state index in [4.69, 9.17) is 27.9 Å². The molecule has 4 rings (SSSR count). The maximum atomic E-state index is 14.4. The summed E-state index contributed by atoms with van der Waals surface area (Å²) in [4.78, 5) is 21.5. The second kappa shape index (κ2) is 5.51. The predicted octanol–water partition coefficient (Wildman–Crippen LogP) is 3.79. The SMILES string of the molecule is CC1OCc2nc3cc(Cl)nc(-c4ccc(Cl)cc4F)n3c(=O)c21. The van der Waals surface area contributed by atoms with E-state index in [1.807, 2.05) is 0 Å². The zero-order chi connectivity index (χ0) is 17.0. The van der Waals surface area contributed by atoms with Crippen LogP contribution in [0.3, 0.4) is 0 Å². The van der Waals surface area contributed by atoms with Gasteiger partial charge < -0.3 is 4.74 Å². The average molecular weight is 366 g/mol. The van der Waals surface area contributed by atoms with Crippen molar-refractivity contribution in [3.8, 4) is 11.4 Å². The van der Waals surface area contributed by atoms with Crippen molar-refractivity contribution in [2.75, 3.05) is 0 Å². The molecular formula is C16H10Cl2FN3O2. The van der Waals surface area contributed by atoms with Crippen molar-refractivity contribution < 1.29 is 9.13 Å². The van der Waals surface area contributed by atoms with Crippen LogP contribution in [0.4, 0.5) is 4.39 Å². The Morgan fingerprint density at radius 3 is 2.83 bits per heavy atom. The van der Waals surface area contributed by atoms with Crippen molar-refractivity contribution in [2.45, 2.75) is 19.6 Å². The van der Waals surface area contributed by atoms with Crippen molar-refractivity contribution in [1.29, 1.82) is 0 Å². The summed E-state index contributed by atoms with van der Waals surface area (Å²) in [6, 6.07) is 5.59. The molecule has 1 aliphatic rings. The Bertz CT molecular complexity index is 1050. The zero-order valence-electron chi connectivity index (χ0n) is 12.4. The van der Waals surface area contributed by atoms with Crippen molar-refractivity contribution >= 4 is 28.8 Å². The molecule has 1 unspecified atom stereocenters. The summed E-state index contributed by atoms with van der Waals surface area (Å²) in [6.45, 7) is 2.03. The van der Waals surface area contributed by atoms with Crippen LogP contribution in [-0.4, -0.2) is 14.4 Å². The molecular weight excluding hydrogens is 356 g/mol. The van der Waals surface area contributed by atoms with E-state index in [0.717, 1.165) is 6.07 Å². The highest BCUT2D eigenvalue weighted by molar-refractivity contribution is 6.30. The molecule has 0 amide bonds. The van der Waals surface area contributed by atoms with Gasteiger partial charge in [-0.15, -0.1) is 0 Å². The molecule has 122 valence electrons. The molecule has 0 fully saturated rings. The molecule has 8 heteroatoms. The number of hydrogen-bond donors (Lipinski definition) is 0. The van der Waals surface area contributed by atoms with E-state index in [-0.39, 0.29) is 39.8 Å². The molecule has 0 radical (unpaired) electrons. The van der Waals surface area contributed by atoms with Crippen LogP contribution in [0.25, 0.3) is 17.0 Å². The lowest BCUT2D eigenvalue weighted by molar-refractivity contribution is 0.0782. The molecule has 2 aromatic heterocycles. The molecule has 0 N–H and O–H groups in total. The van der Waals surface area contributed by atoms with Crippen LogP contribution in [0.1, 0.15) is 24.3 Å². The molecule has 3 heterocycles. The first-order valence-corrected chi connectivity index (χ1v) is 7.90. The predicted molar refractivity (Wildman–Crippen MR) is 87.9 cm³/mol. The van der Waals surface area contributed by atoms with Crippen LogP contribution in [-0.2, 0) is 11.3 Å². The van der Waals surface area contributed by atoms with Gasteiger partial charge in [-0.25, -0.2) is 18.8 Å². The molecule has 1 aliphatic heterocycles. The summed E-state index contributed by atoms with van der Waals surface area (Å²) in [6.07, 6.45) is -0.379. The Labute approximate surface area is 145 Å². The Hall–Kier alpha value is -2.02. The largest absolute Gasteiger partial charge is 0.367 e. The Morgan fingerprint density at radius 1 is 1.29 bits per heavy atom. The number of fused-ring (bicyclic) bond motifs is 2. The number of aromatic nitrogens is 3. The fourth-order valence-corrected chi connectivity index (χ4v) is 3.18. The molecule has 0 spiro atoms. The van der Waals surface area contributed by atoms with Crippen LogP contribution >= 0.6 is 23.2 Å². The average Bonchev–Trinajstić information content (AvgIpc) is 2.87. The third-order valence-electron chi connectivity index (χ3n) is 3.94. The first-order valence-electron chi connectivity index (χ1n) is 7.15. The van der Waals surface area contributed by atoms with Crippen LogP contribution < -0.4 is 5.56 Å². The van der Waals surface area contributed by atoms with E-state index in [2.05, 4.69) is 9.97 Å². The van der Waals surface area contributed by atoms with Crippen molar-refractivity contribution in [1.82, 2.24) is 14.4 Å². The van der Waals surface area contributed by atoms with Crippen LogP contribution in [0, 0.1) is 5.82 Å². The highest BCUT2D eigenvalue weighted by Gasteiger charge is 2.27. The lowest BCUT2D eigenvalue weighted by Gasteiger charge is -2.11. The van der Waals surface area contributed by atoms with Crippen molar-refractivity contribution in [2.24, 2.45) is 0 Å². The van der Waals surface area contributed by atoms with E-state index in [1.165, 1.54) is 22.6 Å². The highest BCUT2D eigenvalue weighted by Crippen LogP contribution is 2.29. The van der Waals surface area contributed by atoms with Gasteiger partial charge in [0.1, 0.15) is 16.6 Å². The molecule has 3 aromatic rings. The molecule has 0 bridgehead atoms. The quantitative estimate of drug-likeness (QED) is 0.615. The van der Waals surface area contributed by atoms with Gasteiger partial charge in [-0.05, 0) is 25.1 Å². The Morgan fingerprint density at radius 2 is 2.08 bits per heavy atom. The number of halogens is 3. The van der Waals surface area contributed by atoms with Gasteiger partial charge in [0.2, 0.25) is 0 Å². The number of ether oxygens (including phenoxy) is 1. The van der Waals surface area contributed by atoms with Gasteiger partial charge in [0.05, 0.1) is 29.5 Å². The summed E-state index contributed by atoms with van der Waals surface area (Å²) in [5.41, 5.74) is 1.08. The normalized spacial score (nSPS) is 16.6. The standard InChI is InChI=1S/C16H10Cl2FN3O2/c1-7-14-11(6-24-7)20-13-5-12(18)21-15(22(13)16(14)23)9-3-2-8(17)4-10(9)19/h2-5,7H,6H2,1H3. The Balaban J connectivity index is 2.13. The van der Waals surface area contributed by atoms with Gasteiger partial charge in [-0.3, -0.25) is 4.79 Å². The zero-order valence-corrected chi connectivity index (χ0v) is 13.9. The fraction of sp³-hybridized carbons (Fsp3) is 0.188. The number of nitrogens with zero attached hydrogens (tertiary/aromatic N) is 3. The summed E-state index contributed by atoms with van der Waals surface area (Å²) < 4.78 is 21.1. The van der Waals surface area contributed by atoms with Crippen molar-refractivity contribution in [3.05, 3.63) is 61.9 Å². The van der Waals surface area contributed by atoms with Crippen LogP contribution in [0.2, 0.25) is 10.2 Å². The minimum atomic E-state index is -0.602. The van der Waals surface area contributed by atoms with Gasteiger partial charge in [-0.1, -0.05) is 23.2 Å². The maximum Gasteiger partial charge on any atom is 0.265 e. The van der Waals surface area contributed by atoms with Crippen molar-refractivity contribution in [3.63, 3.8) is 0 Å². The second-order valence-corrected chi connectivity index (χ2v) is 6.27. The topological polar surface area (TPSA) is 56.5 Å². The lowest BCUT2D eigenvalue weighted by Crippen LogP contribution is -2.23. The molecule has 1 atom stereocenters. The smallest absolute Gasteiger partial charge is 0.265 e. The lowest BCUT2D eigenvalue weighted by atomic mass is 10.1. The molecule has 0 saturated heterocycles. The van der Waals surface area contributed by atoms with E-state index < -0.39 is 5.82 Å². The highest BCUT2D eigenvalue weighted by atomic mass is 35.5. The summed E-state index contributed by atoms with van der Waals surface area (Å²) >= 11 is 11.8.